The van der Waals surface area contributed by atoms with E-state index in [-0.39, 0.29) is 17.3 Å². The van der Waals surface area contributed by atoms with Crippen LogP contribution in [0.25, 0.3) is 6.08 Å². The van der Waals surface area contributed by atoms with Crippen molar-refractivity contribution in [1.82, 2.24) is 0 Å². The maximum atomic E-state index is 14.6. The highest BCUT2D eigenvalue weighted by Crippen LogP contribution is 2.61. The molecule has 1 spiro atoms. The van der Waals surface area contributed by atoms with Gasteiger partial charge in [0.25, 0.3) is 0 Å². The normalized spacial score (nSPS) is 22.1. The van der Waals surface area contributed by atoms with Crippen molar-refractivity contribution in [3.8, 4) is 0 Å². The molecule has 2 heterocycles. The monoisotopic (exact) mass is 593 g/mol. The molecule has 3 aliphatic rings. The van der Waals surface area contributed by atoms with Crippen LogP contribution in [0.1, 0.15) is 48.1 Å². The molecule has 0 unspecified atom stereocenters. The van der Waals surface area contributed by atoms with Crippen molar-refractivity contribution in [2.45, 2.75) is 18.0 Å². The predicted molar refractivity (Wildman–Crippen MR) is 156 cm³/mol. The molecule has 2 aliphatic heterocycles. The highest BCUT2D eigenvalue weighted by Gasteiger charge is 2.71. The molecule has 0 amide bonds. The number of Topliss-reactive ketones (excluding diaryl/α,β-unsaturated/α-hetero) is 3. The van der Waals surface area contributed by atoms with Crippen LogP contribution in [0, 0.1) is 5.41 Å². The summed E-state index contributed by atoms with van der Waals surface area (Å²) in [5, 5.41) is 0.571. The van der Waals surface area contributed by atoms with Crippen LogP contribution in [0.2, 0.25) is 5.02 Å². The summed E-state index contributed by atoms with van der Waals surface area (Å²) in [7, 11) is 0. The number of halogens is 2. The first-order valence-corrected chi connectivity index (χ1v) is 13.9. The molecule has 1 aliphatic carbocycles. The Morgan fingerprint density at radius 3 is 2.13 bits per heavy atom. The molecule has 7 rings (SSSR count). The molecule has 4 nitrogen and oxygen atoms in total. The van der Waals surface area contributed by atoms with Crippen LogP contribution in [0.5, 0.6) is 0 Å². The Hall–Kier alpha value is -3.80. The van der Waals surface area contributed by atoms with Gasteiger partial charge in [-0.05, 0) is 41.5 Å². The van der Waals surface area contributed by atoms with Gasteiger partial charge in [-0.3, -0.25) is 14.4 Å². The van der Waals surface area contributed by atoms with E-state index in [2.05, 4.69) is 15.9 Å². The van der Waals surface area contributed by atoms with E-state index in [1.54, 1.807) is 42.5 Å². The third kappa shape index (κ3) is 3.33. The summed E-state index contributed by atoms with van der Waals surface area (Å²) in [4.78, 5) is 45.7. The second-order valence-electron chi connectivity index (χ2n) is 10.2. The molecule has 0 radical (unpaired) electrons. The zero-order valence-electron chi connectivity index (χ0n) is 20.6. The van der Waals surface area contributed by atoms with E-state index in [0.29, 0.717) is 21.7 Å². The van der Waals surface area contributed by atoms with Crippen molar-refractivity contribution in [2.75, 3.05) is 4.90 Å². The zero-order chi connectivity index (χ0) is 26.9. The fourth-order valence-corrected chi connectivity index (χ4v) is 7.21. The van der Waals surface area contributed by atoms with E-state index in [1.165, 1.54) is 0 Å². The Bertz CT molecular complexity index is 1680. The average Bonchev–Trinajstić information content (AvgIpc) is 3.39. The first-order chi connectivity index (χ1) is 18.9. The number of carbonyl (C=O) groups excluding carboxylic acids is 3. The van der Waals surface area contributed by atoms with Gasteiger partial charge in [0.2, 0.25) is 0 Å². The highest BCUT2D eigenvalue weighted by molar-refractivity contribution is 9.10. The standard InChI is InChI=1S/C33H21BrClNO3/c34-22-13-10-19(11-14-22)28-29(30(37)20-6-2-1-3-7-20)36-26-16-15-23(35)18-21(26)12-17-27(36)33(28)31(38)24-8-4-5-9-25(24)32(33)39/h1-18,27-29H/t27-,28+,29-/m0/s1. The number of nitrogens with zero attached hydrogens (tertiary/aromatic N) is 1. The SMILES string of the molecule is O=C(c1ccccc1)[C@@H]1[C@@H](c2ccc(Br)cc2)C2(C(=O)c3ccccc3C2=O)[C@@H]2C=Cc3cc(Cl)ccc3N12. The fraction of sp³-hybridized carbons (Fsp3) is 0.121. The molecular weight excluding hydrogens is 574 g/mol. The number of ketones is 3. The lowest BCUT2D eigenvalue weighted by atomic mass is 9.64. The molecule has 6 heteroatoms. The molecule has 190 valence electrons. The highest BCUT2D eigenvalue weighted by atomic mass is 79.9. The van der Waals surface area contributed by atoms with E-state index >= 15 is 0 Å². The van der Waals surface area contributed by atoms with Crippen LogP contribution < -0.4 is 4.90 Å². The lowest BCUT2D eigenvalue weighted by Crippen LogP contribution is -2.48. The first-order valence-electron chi connectivity index (χ1n) is 12.7. The van der Waals surface area contributed by atoms with Crippen molar-refractivity contribution < 1.29 is 14.4 Å². The maximum absolute atomic E-state index is 14.6. The molecule has 39 heavy (non-hydrogen) atoms. The molecule has 1 saturated heterocycles. The summed E-state index contributed by atoms with van der Waals surface area (Å²) in [6.07, 6.45) is 3.83. The molecule has 1 fully saturated rings. The largest absolute Gasteiger partial charge is 0.352 e. The van der Waals surface area contributed by atoms with Crippen LogP contribution in [-0.4, -0.2) is 29.4 Å². The Morgan fingerprint density at radius 1 is 0.821 bits per heavy atom. The van der Waals surface area contributed by atoms with E-state index in [1.807, 2.05) is 71.6 Å². The van der Waals surface area contributed by atoms with E-state index in [9.17, 15) is 14.4 Å². The third-order valence-electron chi connectivity index (χ3n) is 8.32. The predicted octanol–water partition coefficient (Wildman–Crippen LogP) is 7.42. The Kier molecular flexibility index (Phi) is 5.51. The van der Waals surface area contributed by atoms with Gasteiger partial charge >= 0.3 is 0 Å². The number of benzene rings is 4. The summed E-state index contributed by atoms with van der Waals surface area (Å²) in [6.45, 7) is 0. The van der Waals surface area contributed by atoms with Crippen LogP contribution in [0.4, 0.5) is 5.69 Å². The van der Waals surface area contributed by atoms with Crippen molar-refractivity contribution in [1.29, 1.82) is 0 Å². The Labute approximate surface area is 239 Å². The lowest BCUT2D eigenvalue weighted by molar-refractivity contribution is 0.0666. The molecule has 3 atom stereocenters. The van der Waals surface area contributed by atoms with Crippen molar-refractivity contribution >= 4 is 56.6 Å². The average molecular weight is 595 g/mol. The van der Waals surface area contributed by atoms with Crippen molar-refractivity contribution in [2.24, 2.45) is 5.41 Å². The van der Waals surface area contributed by atoms with Gasteiger partial charge in [-0.25, -0.2) is 0 Å². The number of fused-ring (bicyclic) bond motifs is 5. The van der Waals surface area contributed by atoms with Crippen LogP contribution >= 0.6 is 27.5 Å². The molecule has 4 aromatic carbocycles. The van der Waals surface area contributed by atoms with E-state index in [0.717, 1.165) is 21.3 Å². The summed E-state index contributed by atoms with van der Waals surface area (Å²) in [5.74, 6) is -1.35. The second kappa shape index (κ2) is 8.87. The van der Waals surface area contributed by atoms with Gasteiger partial charge in [-0.15, -0.1) is 0 Å². The zero-order valence-corrected chi connectivity index (χ0v) is 22.9. The topological polar surface area (TPSA) is 54.5 Å². The molecule has 4 aromatic rings. The van der Waals surface area contributed by atoms with Crippen molar-refractivity contribution in [3.63, 3.8) is 0 Å². The molecule has 0 saturated carbocycles. The van der Waals surface area contributed by atoms with Crippen LogP contribution in [-0.2, 0) is 0 Å². The van der Waals surface area contributed by atoms with Gasteiger partial charge in [0.05, 0.1) is 6.04 Å². The minimum absolute atomic E-state index is 0.141. The Morgan fingerprint density at radius 2 is 1.46 bits per heavy atom. The maximum Gasteiger partial charge on any atom is 0.185 e. The molecule has 0 bridgehead atoms. The molecular formula is C33H21BrClNO3. The van der Waals surface area contributed by atoms with Gasteiger partial charge in [0.1, 0.15) is 11.5 Å². The van der Waals surface area contributed by atoms with Gasteiger partial charge in [0.15, 0.2) is 17.3 Å². The minimum Gasteiger partial charge on any atom is -0.352 e. The summed E-state index contributed by atoms with van der Waals surface area (Å²) in [5.41, 5.74) is 2.21. The molecule has 0 aromatic heterocycles. The van der Waals surface area contributed by atoms with Gasteiger partial charge in [-0.1, -0.05) is 106 Å². The van der Waals surface area contributed by atoms with E-state index in [4.69, 9.17) is 11.6 Å². The summed E-state index contributed by atoms with van der Waals surface area (Å²) in [6, 6.07) is 27.8. The quantitative estimate of drug-likeness (QED) is 0.183. The number of carbonyl (C=O) groups is 3. The Balaban J connectivity index is 1.55. The fourth-order valence-electron chi connectivity index (χ4n) is 6.76. The lowest BCUT2D eigenvalue weighted by Gasteiger charge is -2.37. The second-order valence-corrected chi connectivity index (χ2v) is 11.5. The van der Waals surface area contributed by atoms with E-state index < -0.39 is 23.4 Å². The minimum atomic E-state index is -1.51. The smallest absolute Gasteiger partial charge is 0.185 e. The summed E-state index contributed by atoms with van der Waals surface area (Å²) < 4.78 is 0.870. The van der Waals surface area contributed by atoms with Crippen LogP contribution in [0.3, 0.4) is 0 Å². The third-order valence-corrected chi connectivity index (χ3v) is 9.09. The van der Waals surface area contributed by atoms with Crippen LogP contribution in [0.15, 0.2) is 108 Å². The first kappa shape index (κ1) is 24.3. The van der Waals surface area contributed by atoms with Gasteiger partial charge in [0, 0.05) is 37.8 Å². The number of hydrogen-bond donors (Lipinski definition) is 0. The van der Waals surface area contributed by atoms with Gasteiger partial charge < -0.3 is 4.90 Å². The molecule has 0 N–H and O–H groups in total. The summed E-state index contributed by atoms with van der Waals surface area (Å²) >= 11 is 9.86. The van der Waals surface area contributed by atoms with Gasteiger partial charge in [-0.2, -0.15) is 0 Å². The number of anilines is 1. The van der Waals surface area contributed by atoms with Crippen molar-refractivity contribution in [3.05, 3.63) is 140 Å². The number of hydrogen-bond acceptors (Lipinski definition) is 4. The number of rotatable bonds is 3.